The van der Waals surface area contributed by atoms with E-state index in [-0.39, 0.29) is 28.5 Å². The van der Waals surface area contributed by atoms with Crippen molar-refractivity contribution in [3.8, 4) is 5.75 Å². The van der Waals surface area contributed by atoms with Crippen LogP contribution in [0, 0.1) is 5.41 Å². The predicted octanol–water partition coefficient (Wildman–Crippen LogP) is 4.16. The fourth-order valence-electron chi connectivity index (χ4n) is 6.58. The fraction of sp³-hybridized carbons (Fsp3) is 0.571. The lowest BCUT2D eigenvalue weighted by atomic mass is 9.70. The van der Waals surface area contributed by atoms with Crippen LogP contribution in [0.4, 0.5) is 5.82 Å². The quantitative estimate of drug-likeness (QED) is 0.128. The largest absolute Gasteiger partial charge is 0.461 e. The lowest BCUT2D eigenvalue weighted by molar-refractivity contribution is -0.172. The van der Waals surface area contributed by atoms with Gasteiger partial charge in [-0.1, -0.05) is 46.8 Å². The van der Waals surface area contributed by atoms with Crippen LogP contribution in [0.2, 0.25) is 0 Å². The van der Waals surface area contributed by atoms with Gasteiger partial charge in [0.25, 0.3) is 0 Å². The van der Waals surface area contributed by atoms with Gasteiger partial charge in [0.2, 0.25) is 5.72 Å². The monoisotopic (exact) mass is 744 g/mol. The number of carbonyl (C=O) groups excluding carboxylic acids is 3. The molecule has 3 heterocycles. The van der Waals surface area contributed by atoms with E-state index in [2.05, 4.69) is 55.1 Å². The van der Waals surface area contributed by atoms with Crippen LogP contribution < -0.4 is 20.7 Å². The average molecular weight is 745 g/mol. The van der Waals surface area contributed by atoms with Crippen LogP contribution in [0.15, 0.2) is 42.7 Å². The van der Waals surface area contributed by atoms with Crippen LogP contribution in [0.5, 0.6) is 5.75 Å². The Morgan fingerprint density at radius 2 is 1.71 bits per heavy atom. The number of anilines is 1. The number of esters is 3. The maximum absolute atomic E-state index is 14.6. The van der Waals surface area contributed by atoms with Crippen LogP contribution in [0.3, 0.4) is 0 Å². The van der Waals surface area contributed by atoms with Crippen molar-refractivity contribution in [1.29, 1.82) is 0 Å². The molecule has 2 aliphatic rings. The predicted molar refractivity (Wildman–Crippen MR) is 189 cm³/mol. The van der Waals surface area contributed by atoms with E-state index in [4.69, 9.17) is 33.7 Å². The zero-order valence-corrected chi connectivity index (χ0v) is 31.9. The minimum atomic E-state index is -4.42. The summed E-state index contributed by atoms with van der Waals surface area (Å²) in [6.45, 7) is 13.7. The standard InChI is InChI=1S/C35H49N6O10P/c1-20(32(44)49-25-16-34(7,8)17-25)40-52(45,51-24-12-10-23(11-13-24)33(4,5)6)46-18-27-29(47-21(2)42)30(48-22(3)43)35(37-9,50-27)28-15-14-26-31(36)38-19-39-41(26)28/h10-15,19-20,25,27,29-30,37H,16-18H2,1-9H3,(H,40,45)(H2,36,38,39)/t20-,27+,29+,30+,35-,52?/m0/s1. The summed E-state index contributed by atoms with van der Waals surface area (Å²) in [5.74, 6) is -1.65. The molecule has 1 unspecified atom stereocenters. The van der Waals surface area contributed by atoms with Crippen LogP contribution in [-0.4, -0.2) is 76.6 Å². The molecule has 0 bridgehead atoms. The van der Waals surface area contributed by atoms with Gasteiger partial charge < -0.3 is 29.2 Å². The first kappa shape index (κ1) is 39.1. The summed E-state index contributed by atoms with van der Waals surface area (Å²) < 4.78 is 51.7. The highest BCUT2D eigenvalue weighted by Gasteiger charge is 2.61. The van der Waals surface area contributed by atoms with Gasteiger partial charge in [-0.15, -0.1) is 0 Å². The second-order valence-corrected chi connectivity index (χ2v) is 16.7. The van der Waals surface area contributed by atoms with Gasteiger partial charge >= 0.3 is 25.7 Å². The number of rotatable bonds is 13. The Kier molecular flexibility index (Phi) is 11.1. The summed E-state index contributed by atoms with van der Waals surface area (Å²) >= 11 is 0. The summed E-state index contributed by atoms with van der Waals surface area (Å²) in [4.78, 5) is 42.1. The first-order chi connectivity index (χ1) is 24.3. The molecule has 1 aliphatic heterocycles. The van der Waals surface area contributed by atoms with Crippen LogP contribution in [0.25, 0.3) is 5.52 Å². The van der Waals surface area contributed by atoms with E-state index in [1.807, 2.05) is 12.1 Å². The first-order valence-corrected chi connectivity index (χ1v) is 18.6. The summed E-state index contributed by atoms with van der Waals surface area (Å²) in [7, 11) is -2.87. The molecule has 3 aromatic rings. The van der Waals surface area contributed by atoms with Gasteiger partial charge in [-0.25, -0.2) is 14.1 Å². The molecular formula is C35H49N6O10P. The molecular weight excluding hydrogens is 695 g/mol. The zero-order chi connectivity index (χ0) is 38.2. The highest BCUT2D eigenvalue weighted by molar-refractivity contribution is 7.52. The second kappa shape index (κ2) is 14.7. The molecule has 17 heteroatoms. The molecule has 1 aromatic carbocycles. The van der Waals surface area contributed by atoms with Crippen molar-refractivity contribution in [2.75, 3.05) is 19.4 Å². The lowest BCUT2D eigenvalue weighted by Gasteiger charge is -2.42. The minimum absolute atomic E-state index is 0.0708. The van der Waals surface area contributed by atoms with Gasteiger partial charge in [0.1, 0.15) is 35.8 Å². The number of nitrogen functional groups attached to an aromatic ring is 1. The molecule has 1 aliphatic carbocycles. The van der Waals surface area contributed by atoms with Crippen LogP contribution in [-0.2, 0) is 53.6 Å². The molecule has 52 heavy (non-hydrogen) atoms. The van der Waals surface area contributed by atoms with E-state index in [0.29, 0.717) is 24.1 Å². The number of carbonyl (C=O) groups is 3. The van der Waals surface area contributed by atoms with Gasteiger partial charge in [-0.05, 0) is 67.5 Å². The normalized spacial score (nSPS) is 24.8. The molecule has 284 valence electrons. The SMILES string of the molecule is CN[C@@]1(c2ccc3c(N)ncnn23)O[C@H](COP(=O)(N[C@@H](C)C(=O)OC2CC(C)(C)C2)Oc2ccc(C(C)(C)C)cc2)[C@@H](OC(C)=O)[C@H]1OC(C)=O. The Morgan fingerprint density at radius 3 is 2.29 bits per heavy atom. The maximum Gasteiger partial charge on any atom is 0.459 e. The van der Waals surface area contributed by atoms with Gasteiger partial charge in [0.15, 0.2) is 18.0 Å². The van der Waals surface area contributed by atoms with E-state index >= 15 is 0 Å². The van der Waals surface area contributed by atoms with Crippen molar-refractivity contribution in [3.63, 3.8) is 0 Å². The summed E-state index contributed by atoms with van der Waals surface area (Å²) in [5, 5.41) is 10.1. The number of hydrogen-bond acceptors (Lipinski definition) is 14. The van der Waals surface area contributed by atoms with Crippen molar-refractivity contribution in [2.45, 2.75) is 110 Å². The Bertz CT molecular complexity index is 1840. The van der Waals surface area contributed by atoms with E-state index in [1.54, 1.807) is 31.3 Å². The smallest absolute Gasteiger partial charge is 0.459 e. The van der Waals surface area contributed by atoms with E-state index < -0.39 is 62.3 Å². The molecule has 2 fully saturated rings. The van der Waals surface area contributed by atoms with Gasteiger partial charge in [0.05, 0.1) is 12.3 Å². The summed E-state index contributed by atoms with van der Waals surface area (Å²) in [5.41, 5.74) is 6.10. The topological polar surface area (TPSA) is 204 Å². The molecule has 0 radical (unpaired) electrons. The van der Waals surface area contributed by atoms with Crippen molar-refractivity contribution in [2.24, 2.45) is 5.41 Å². The Hall–Kier alpha value is -4.08. The number of nitrogens with zero attached hydrogens (tertiary/aromatic N) is 3. The number of benzene rings is 1. The highest BCUT2D eigenvalue weighted by Crippen LogP contribution is 2.48. The molecule has 0 spiro atoms. The third-order valence-electron chi connectivity index (χ3n) is 9.13. The highest BCUT2D eigenvalue weighted by atomic mass is 31.2. The number of nitrogens with two attached hydrogens (primary N) is 1. The van der Waals surface area contributed by atoms with Crippen molar-refractivity contribution in [1.82, 2.24) is 25.0 Å². The van der Waals surface area contributed by atoms with E-state index in [0.717, 1.165) is 5.56 Å². The molecule has 2 aromatic heterocycles. The number of aromatic nitrogens is 3. The fourth-order valence-corrected chi connectivity index (χ4v) is 8.09. The molecule has 0 amide bonds. The molecule has 16 nitrogen and oxygen atoms in total. The minimum Gasteiger partial charge on any atom is -0.461 e. The number of nitrogens with one attached hydrogen (secondary N) is 2. The van der Waals surface area contributed by atoms with Crippen molar-refractivity contribution >= 4 is 37.0 Å². The number of likely N-dealkylation sites (N-methyl/N-ethyl adjacent to an activating group) is 1. The van der Waals surface area contributed by atoms with Crippen LogP contribution >= 0.6 is 7.75 Å². The van der Waals surface area contributed by atoms with Gasteiger partial charge in [-0.3, -0.25) is 24.2 Å². The zero-order valence-electron chi connectivity index (χ0n) is 31.0. The average Bonchev–Trinajstić information content (AvgIpc) is 3.59. The van der Waals surface area contributed by atoms with E-state index in [9.17, 15) is 18.9 Å². The number of hydrogen-bond donors (Lipinski definition) is 3. The summed E-state index contributed by atoms with van der Waals surface area (Å²) in [6.07, 6.45) is -1.40. The van der Waals surface area contributed by atoms with E-state index in [1.165, 1.54) is 31.6 Å². The summed E-state index contributed by atoms with van der Waals surface area (Å²) in [6, 6.07) is 9.18. The van der Waals surface area contributed by atoms with Crippen LogP contribution in [0.1, 0.15) is 79.5 Å². The Balaban J connectivity index is 1.47. The third kappa shape index (κ3) is 8.42. The second-order valence-electron chi connectivity index (χ2n) is 15.0. The number of ether oxygens (including phenoxy) is 4. The molecule has 6 atom stereocenters. The van der Waals surface area contributed by atoms with Gasteiger partial charge in [-0.2, -0.15) is 10.2 Å². The first-order valence-electron chi connectivity index (χ1n) is 17.1. The number of fused-ring (bicyclic) bond motifs is 1. The Morgan fingerprint density at radius 1 is 1.06 bits per heavy atom. The third-order valence-corrected chi connectivity index (χ3v) is 10.8. The lowest BCUT2D eigenvalue weighted by Crippen LogP contribution is -2.53. The maximum atomic E-state index is 14.6. The molecule has 4 N–H and O–H groups in total. The van der Waals surface area contributed by atoms with Crippen molar-refractivity contribution in [3.05, 3.63) is 54.0 Å². The molecule has 1 saturated carbocycles. The molecule has 1 saturated heterocycles. The Labute approximate surface area is 303 Å². The van der Waals surface area contributed by atoms with Gasteiger partial charge in [0, 0.05) is 13.8 Å². The molecule has 5 rings (SSSR count). The van der Waals surface area contributed by atoms with Crippen molar-refractivity contribution < 1.29 is 46.9 Å².